The van der Waals surface area contributed by atoms with Gasteiger partial charge in [-0.25, -0.2) is 4.99 Å². The van der Waals surface area contributed by atoms with E-state index in [0.29, 0.717) is 6.54 Å². The molecule has 148 valence electrons. The Morgan fingerprint density at radius 2 is 1.85 bits per heavy atom. The zero-order chi connectivity index (χ0) is 18.8. The van der Waals surface area contributed by atoms with Crippen molar-refractivity contribution in [2.45, 2.75) is 26.8 Å². The summed E-state index contributed by atoms with van der Waals surface area (Å²) in [5.41, 5.74) is 3.14. The number of ether oxygens (including phenoxy) is 2. The zero-order valence-corrected chi connectivity index (χ0v) is 18.7. The third-order valence-corrected chi connectivity index (χ3v) is 3.84. The Kier molecular flexibility index (Phi) is 10.5. The number of rotatable bonds is 8. The fraction of sp³-hybridized carbons (Fsp3) is 0.400. The Hall–Kier alpha value is -2.03. The number of hydrogen-bond acceptors (Lipinski definition) is 4. The first-order valence-electron chi connectivity index (χ1n) is 8.82. The number of aryl methyl sites for hydroxylation is 1. The summed E-state index contributed by atoms with van der Waals surface area (Å²) in [6, 6.07) is 12.0. The Morgan fingerprint density at radius 3 is 2.52 bits per heavy atom. The Morgan fingerprint density at radius 1 is 1.07 bits per heavy atom. The van der Waals surface area contributed by atoms with Crippen molar-refractivity contribution in [2.24, 2.45) is 4.99 Å². The van der Waals surface area contributed by atoms with Gasteiger partial charge in [-0.05, 0) is 50.1 Å². The van der Waals surface area contributed by atoms with Gasteiger partial charge >= 0.3 is 0 Å². The van der Waals surface area contributed by atoms with Gasteiger partial charge < -0.3 is 20.1 Å². The molecule has 1 aromatic heterocycles. The summed E-state index contributed by atoms with van der Waals surface area (Å²) in [4.78, 5) is 9.08. The van der Waals surface area contributed by atoms with Crippen LogP contribution in [0.3, 0.4) is 0 Å². The lowest BCUT2D eigenvalue weighted by molar-refractivity contribution is 0.354. The van der Waals surface area contributed by atoms with Crippen molar-refractivity contribution in [3.05, 3.63) is 53.3 Å². The number of aliphatic imine (C=N–C) groups is 1. The maximum Gasteiger partial charge on any atom is 0.191 e. The number of nitrogens with one attached hydrogen (secondary N) is 2. The van der Waals surface area contributed by atoms with Crippen LogP contribution >= 0.6 is 24.0 Å². The van der Waals surface area contributed by atoms with Gasteiger partial charge in [-0.15, -0.1) is 24.0 Å². The summed E-state index contributed by atoms with van der Waals surface area (Å²) in [5.74, 6) is 2.28. The average Bonchev–Trinajstić information content (AvgIpc) is 2.66. The lowest BCUT2D eigenvalue weighted by Crippen LogP contribution is -2.38. The molecule has 0 spiro atoms. The topological polar surface area (TPSA) is 67.8 Å². The van der Waals surface area contributed by atoms with Crippen molar-refractivity contribution < 1.29 is 9.47 Å². The van der Waals surface area contributed by atoms with Crippen LogP contribution in [0.4, 0.5) is 0 Å². The van der Waals surface area contributed by atoms with E-state index in [2.05, 4.69) is 27.5 Å². The molecule has 0 amide bonds. The lowest BCUT2D eigenvalue weighted by Gasteiger charge is -2.12. The van der Waals surface area contributed by atoms with Crippen LogP contribution in [0.2, 0.25) is 0 Å². The van der Waals surface area contributed by atoms with Gasteiger partial charge in [-0.1, -0.05) is 12.1 Å². The van der Waals surface area contributed by atoms with E-state index in [-0.39, 0.29) is 24.0 Å². The highest BCUT2D eigenvalue weighted by Crippen LogP contribution is 2.27. The predicted octanol–water partition coefficient (Wildman–Crippen LogP) is 3.32. The molecule has 0 fully saturated rings. The molecule has 0 saturated carbocycles. The minimum Gasteiger partial charge on any atom is -0.493 e. The van der Waals surface area contributed by atoms with Gasteiger partial charge in [0.05, 0.1) is 26.5 Å². The Bertz CT molecular complexity index is 738. The van der Waals surface area contributed by atoms with Gasteiger partial charge in [-0.3, -0.25) is 4.98 Å². The van der Waals surface area contributed by atoms with E-state index < -0.39 is 0 Å². The summed E-state index contributed by atoms with van der Waals surface area (Å²) < 4.78 is 10.6. The average molecular weight is 484 g/mol. The number of nitrogens with zero attached hydrogens (tertiary/aromatic N) is 2. The van der Waals surface area contributed by atoms with E-state index in [1.165, 1.54) is 5.56 Å². The molecule has 1 aromatic carbocycles. The van der Waals surface area contributed by atoms with Gasteiger partial charge in [0.15, 0.2) is 17.5 Å². The van der Waals surface area contributed by atoms with Crippen LogP contribution < -0.4 is 20.1 Å². The third-order valence-electron chi connectivity index (χ3n) is 3.84. The van der Waals surface area contributed by atoms with Crippen molar-refractivity contribution in [1.29, 1.82) is 0 Å². The molecular weight excluding hydrogens is 455 g/mol. The minimum atomic E-state index is 0. The molecule has 27 heavy (non-hydrogen) atoms. The molecule has 0 aliphatic carbocycles. The fourth-order valence-corrected chi connectivity index (χ4v) is 2.55. The van der Waals surface area contributed by atoms with E-state index in [4.69, 9.17) is 9.47 Å². The Labute approximate surface area is 178 Å². The van der Waals surface area contributed by atoms with Gasteiger partial charge in [0.2, 0.25) is 0 Å². The number of hydrogen-bond donors (Lipinski definition) is 2. The first-order valence-corrected chi connectivity index (χ1v) is 8.82. The maximum atomic E-state index is 5.35. The Balaban J connectivity index is 0.00000364. The number of methoxy groups -OCH3 is 2. The molecule has 0 atom stereocenters. The first-order chi connectivity index (χ1) is 12.7. The number of pyridine rings is 1. The molecule has 1 heterocycles. The molecule has 2 aromatic rings. The second-order valence-electron chi connectivity index (χ2n) is 5.83. The number of halogens is 1. The highest BCUT2D eigenvalue weighted by molar-refractivity contribution is 14.0. The normalized spacial score (nSPS) is 10.7. The number of benzene rings is 1. The van der Waals surface area contributed by atoms with Gasteiger partial charge in [0, 0.05) is 18.8 Å². The summed E-state index contributed by atoms with van der Waals surface area (Å²) >= 11 is 0. The van der Waals surface area contributed by atoms with Crippen LogP contribution in [0.15, 0.2) is 41.4 Å². The van der Waals surface area contributed by atoms with Crippen LogP contribution in [0, 0.1) is 6.92 Å². The molecule has 2 rings (SSSR count). The zero-order valence-electron chi connectivity index (χ0n) is 16.4. The van der Waals surface area contributed by atoms with Crippen LogP contribution in [-0.4, -0.2) is 38.3 Å². The van der Waals surface area contributed by atoms with Crippen molar-refractivity contribution in [3.8, 4) is 11.5 Å². The highest BCUT2D eigenvalue weighted by Gasteiger charge is 2.05. The van der Waals surface area contributed by atoms with Crippen LogP contribution in [-0.2, 0) is 13.0 Å². The van der Waals surface area contributed by atoms with E-state index in [1.807, 2.05) is 43.3 Å². The molecular formula is C20H29IN4O2. The molecule has 0 aliphatic heterocycles. The molecule has 6 nitrogen and oxygen atoms in total. The van der Waals surface area contributed by atoms with Crippen molar-refractivity contribution in [2.75, 3.05) is 27.3 Å². The molecule has 0 saturated heterocycles. The lowest BCUT2D eigenvalue weighted by atomic mass is 10.1. The maximum absolute atomic E-state index is 5.35. The molecule has 0 aliphatic rings. The van der Waals surface area contributed by atoms with Gasteiger partial charge in [-0.2, -0.15) is 0 Å². The largest absolute Gasteiger partial charge is 0.493 e. The minimum absolute atomic E-state index is 0. The summed E-state index contributed by atoms with van der Waals surface area (Å²) in [5, 5.41) is 6.62. The summed E-state index contributed by atoms with van der Waals surface area (Å²) in [7, 11) is 3.29. The van der Waals surface area contributed by atoms with Crippen LogP contribution in [0.1, 0.15) is 23.9 Å². The van der Waals surface area contributed by atoms with Crippen LogP contribution in [0.5, 0.6) is 11.5 Å². The highest BCUT2D eigenvalue weighted by atomic mass is 127. The van der Waals surface area contributed by atoms with Gasteiger partial charge in [0.1, 0.15) is 0 Å². The summed E-state index contributed by atoms with van der Waals surface area (Å²) in [6.45, 7) is 6.16. The molecule has 0 bridgehead atoms. The van der Waals surface area contributed by atoms with Crippen molar-refractivity contribution in [1.82, 2.24) is 15.6 Å². The van der Waals surface area contributed by atoms with E-state index in [1.54, 1.807) is 14.2 Å². The second-order valence-corrected chi connectivity index (χ2v) is 5.83. The molecule has 7 heteroatoms. The quantitative estimate of drug-likeness (QED) is 0.342. The van der Waals surface area contributed by atoms with E-state index in [9.17, 15) is 0 Å². The molecule has 0 radical (unpaired) electrons. The monoisotopic (exact) mass is 484 g/mol. The SMILES string of the molecule is CCNC(=NCc1cccc(C)n1)NCCc1ccc(OC)c(OC)c1.I. The van der Waals surface area contributed by atoms with Crippen molar-refractivity contribution >= 4 is 29.9 Å². The first kappa shape index (κ1) is 23.0. The van der Waals surface area contributed by atoms with Crippen molar-refractivity contribution in [3.63, 3.8) is 0 Å². The number of aromatic nitrogens is 1. The molecule has 2 N–H and O–H groups in total. The van der Waals surface area contributed by atoms with Crippen LogP contribution in [0.25, 0.3) is 0 Å². The predicted molar refractivity (Wildman–Crippen MR) is 120 cm³/mol. The second kappa shape index (κ2) is 12.4. The van der Waals surface area contributed by atoms with E-state index in [0.717, 1.165) is 48.4 Å². The third kappa shape index (κ3) is 7.62. The van der Waals surface area contributed by atoms with E-state index >= 15 is 0 Å². The standard InChI is InChI=1S/C20H28N4O2.HI/c1-5-21-20(23-14-17-8-6-7-15(2)24-17)22-12-11-16-9-10-18(25-3)19(13-16)26-4;/h6-10,13H,5,11-12,14H2,1-4H3,(H2,21,22,23);1H. The summed E-state index contributed by atoms with van der Waals surface area (Å²) in [6.07, 6.45) is 0.855. The number of guanidine groups is 1. The van der Waals surface area contributed by atoms with Gasteiger partial charge in [0.25, 0.3) is 0 Å². The smallest absolute Gasteiger partial charge is 0.191 e. The molecule has 0 unspecified atom stereocenters. The fourth-order valence-electron chi connectivity index (χ4n) is 2.55.